The van der Waals surface area contributed by atoms with Gasteiger partial charge >= 0.3 is 0 Å². The number of rotatable bonds is 6. The molecule has 2 aromatic heterocycles. The summed E-state index contributed by atoms with van der Waals surface area (Å²) in [5.74, 6) is -0.0988. The lowest BCUT2D eigenvalue weighted by Gasteiger charge is -2.05. The molecule has 0 aliphatic carbocycles. The molecule has 1 N–H and O–H groups in total. The van der Waals surface area contributed by atoms with Gasteiger partial charge in [0.25, 0.3) is 0 Å². The van der Waals surface area contributed by atoms with Gasteiger partial charge in [0.1, 0.15) is 6.54 Å². The predicted molar refractivity (Wildman–Crippen MR) is 72.1 cm³/mol. The van der Waals surface area contributed by atoms with Crippen molar-refractivity contribution in [1.82, 2.24) is 24.9 Å². The van der Waals surface area contributed by atoms with Gasteiger partial charge in [-0.3, -0.25) is 14.2 Å². The van der Waals surface area contributed by atoms with Crippen LogP contribution in [0.2, 0.25) is 10.0 Å². The molecule has 0 aliphatic rings. The van der Waals surface area contributed by atoms with E-state index >= 15 is 0 Å². The fourth-order valence-electron chi connectivity index (χ4n) is 1.56. The molecule has 0 radical (unpaired) electrons. The fraction of sp³-hybridized carbons (Fsp3) is 0.364. The van der Waals surface area contributed by atoms with E-state index in [9.17, 15) is 4.79 Å². The summed E-state index contributed by atoms with van der Waals surface area (Å²) in [6.07, 6.45) is 7.21. The van der Waals surface area contributed by atoms with E-state index in [0.29, 0.717) is 23.1 Å². The van der Waals surface area contributed by atoms with E-state index in [1.54, 1.807) is 23.3 Å². The summed E-state index contributed by atoms with van der Waals surface area (Å²) < 4.78 is 3.23. The maximum atomic E-state index is 11.6. The van der Waals surface area contributed by atoms with E-state index in [0.717, 1.165) is 6.42 Å². The second-order valence-electron chi connectivity index (χ2n) is 3.98. The highest BCUT2D eigenvalue weighted by Crippen LogP contribution is 2.05. The molecule has 0 atom stereocenters. The van der Waals surface area contributed by atoms with Crippen molar-refractivity contribution in [3.05, 3.63) is 34.8 Å². The number of aromatic nitrogens is 4. The summed E-state index contributed by atoms with van der Waals surface area (Å²) in [6, 6.07) is 0. The smallest absolute Gasteiger partial charge is 0.241 e. The van der Waals surface area contributed by atoms with Crippen LogP contribution in [-0.4, -0.2) is 32.0 Å². The maximum absolute atomic E-state index is 11.6. The van der Waals surface area contributed by atoms with Crippen LogP contribution in [-0.2, 0) is 17.9 Å². The predicted octanol–water partition coefficient (Wildman–Crippen LogP) is 1.59. The van der Waals surface area contributed by atoms with Crippen LogP contribution in [0.4, 0.5) is 0 Å². The van der Waals surface area contributed by atoms with Crippen molar-refractivity contribution < 1.29 is 4.79 Å². The third-order valence-corrected chi connectivity index (χ3v) is 2.79. The molecule has 0 bridgehead atoms. The highest BCUT2D eigenvalue weighted by Gasteiger charge is 2.03. The van der Waals surface area contributed by atoms with Crippen LogP contribution in [0.5, 0.6) is 0 Å². The Balaban J connectivity index is 1.64. The molecule has 0 saturated heterocycles. The van der Waals surface area contributed by atoms with Crippen molar-refractivity contribution in [3.8, 4) is 0 Å². The number of carbonyl (C=O) groups is 1. The molecule has 0 aromatic carbocycles. The molecule has 2 rings (SSSR count). The first kappa shape index (κ1) is 13.9. The molecule has 8 heteroatoms. The van der Waals surface area contributed by atoms with E-state index < -0.39 is 0 Å². The van der Waals surface area contributed by atoms with Crippen LogP contribution in [0.15, 0.2) is 24.8 Å². The van der Waals surface area contributed by atoms with Gasteiger partial charge in [-0.25, -0.2) is 0 Å². The average molecular weight is 302 g/mol. The maximum Gasteiger partial charge on any atom is 0.241 e. The van der Waals surface area contributed by atoms with Gasteiger partial charge in [-0.05, 0) is 6.42 Å². The number of nitrogens with zero attached hydrogens (tertiary/aromatic N) is 4. The quantitative estimate of drug-likeness (QED) is 0.824. The molecule has 102 valence electrons. The molecule has 0 unspecified atom stereocenters. The number of hydrogen-bond donors (Lipinski definition) is 1. The highest BCUT2D eigenvalue weighted by molar-refractivity contribution is 6.30. The molecule has 19 heavy (non-hydrogen) atoms. The van der Waals surface area contributed by atoms with E-state index in [1.807, 2.05) is 0 Å². The van der Waals surface area contributed by atoms with Gasteiger partial charge in [-0.15, -0.1) is 0 Å². The van der Waals surface area contributed by atoms with Gasteiger partial charge in [-0.2, -0.15) is 10.2 Å². The minimum atomic E-state index is -0.0988. The Morgan fingerprint density at radius 2 is 1.79 bits per heavy atom. The number of nitrogens with one attached hydrogen (secondary N) is 1. The Morgan fingerprint density at radius 3 is 2.37 bits per heavy atom. The minimum Gasteiger partial charge on any atom is -0.354 e. The SMILES string of the molecule is O=C(Cn1cc(Cl)cn1)NCCCn1cc(Cl)cn1. The number of hydrogen-bond acceptors (Lipinski definition) is 3. The van der Waals surface area contributed by atoms with Gasteiger partial charge in [0.2, 0.25) is 5.91 Å². The summed E-state index contributed by atoms with van der Waals surface area (Å²) >= 11 is 11.4. The van der Waals surface area contributed by atoms with Crippen molar-refractivity contribution in [2.45, 2.75) is 19.5 Å². The van der Waals surface area contributed by atoms with Gasteiger partial charge < -0.3 is 5.32 Å². The van der Waals surface area contributed by atoms with Crippen molar-refractivity contribution in [2.75, 3.05) is 6.54 Å². The Labute approximate surface area is 120 Å². The number of aryl methyl sites for hydroxylation is 1. The lowest BCUT2D eigenvalue weighted by molar-refractivity contribution is -0.121. The number of amides is 1. The Kier molecular flexibility index (Phi) is 4.81. The second kappa shape index (κ2) is 6.58. The fourth-order valence-corrected chi connectivity index (χ4v) is 1.87. The van der Waals surface area contributed by atoms with Crippen LogP contribution < -0.4 is 5.32 Å². The molecule has 0 spiro atoms. The van der Waals surface area contributed by atoms with Gasteiger partial charge in [0, 0.05) is 25.5 Å². The number of halogens is 2. The molecule has 2 aromatic rings. The summed E-state index contributed by atoms with van der Waals surface area (Å²) in [5, 5.41) is 11.9. The third kappa shape index (κ3) is 4.57. The minimum absolute atomic E-state index is 0.0988. The topological polar surface area (TPSA) is 64.7 Å². The Hall–Kier alpha value is -1.53. The van der Waals surface area contributed by atoms with Crippen molar-refractivity contribution >= 4 is 29.1 Å². The van der Waals surface area contributed by atoms with Crippen molar-refractivity contribution in [3.63, 3.8) is 0 Å². The zero-order chi connectivity index (χ0) is 13.7. The molecule has 1 amide bonds. The van der Waals surface area contributed by atoms with Crippen LogP contribution in [0.3, 0.4) is 0 Å². The number of carbonyl (C=O) groups excluding carboxylic acids is 1. The van der Waals surface area contributed by atoms with E-state index in [-0.39, 0.29) is 12.5 Å². The lowest BCUT2D eigenvalue weighted by atomic mass is 10.4. The molecule has 2 heterocycles. The first-order chi connectivity index (χ1) is 9.13. The van der Waals surface area contributed by atoms with E-state index in [4.69, 9.17) is 23.2 Å². The molecule has 0 saturated carbocycles. The molecule has 0 aliphatic heterocycles. The van der Waals surface area contributed by atoms with Crippen molar-refractivity contribution in [1.29, 1.82) is 0 Å². The van der Waals surface area contributed by atoms with Gasteiger partial charge in [0.15, 0.2) is 0 Å². The zero-order valence-electron chi connectivity index (χ0n) is 10.1. The van der Waals surface area contributed by atoms with Crippen LogP contribution in [0.1, 0.15) is 6.42 Å². The van der Waals surface area contributed by atoms with Crippen LogP contribution in [0, 0.1) is 0 Å². The second-order valence-corrected chi connectivity index (χ2v) is 4.85. The van der Waals surface area contributed by atoms with Crippen LogP contribution in [0.25, 0.3) is 0 Å². The Bertz CT molecular complexity index is 551. The molecule has 0 fully saturated rings. The summed E-state index contributed by atoms with van der Waals surface area (Å²) in [6.45, 7) is 1.45. The van der Waals surface area contributed by atoms with Crippen molar-refractivity contribution in [2.24, 2.45) is 0 Å². The molecule has 6 nitrogen and oxygen atoms in total. The molecular weight excluding hydrogens is 289 g/mol. The standard InChI is InChI=1S/C11H13Cl2N5O/c12-9-4-15-17(6-9)3-1-2-14-11(19)8-18-7-10(13)5-16-18/h4-7H,1-3,8H2,(H,14,19). The zero-order valence-corrected chi connectivity index (χ0v) is 11.6. The average Bonchev–Trinajstić information content (AvgIpc) is 2.94. The largest absolute Gasteiger partial charge is 0.354 e. The van der Waals surface area contributed by atoms with Crippen LogP contribution >= 0.6 is 23.2 Å². The van der Waals surface area contributed by atoms with Gasteiger partial charge in [0.05, 0.1) is 22.4 Å². The Morgan fingerprint density at radius 1 is 1.16 bits per heavy atom. The third-order valence-electron chi connectivity index (χ3n) is 2.40. The summed E-state index contributed by atoms with van der Waals surface area (Å²) in [4.78, 5) is 11.6. The normalized spacial score (nSPS) is 10.6. The monoisotopic (exact) mass is 301 g/mol. The van der Waals surface area contributed by atoms with E-state index in [1.165, 1.54) is 10.9 Å². The van der Waals surface area contributed by atoms with E-state index in [2.05, 4.69) is 15.5 Å². The lowest BCUT2D eigenvalue weighted by Crippen LogP contribution is -2.29. The molecular formula is C11H13Cl2N5O. The summed E-state index contributed by atoms with van der Waals surface area (Å²) in [5.41, 5.74) is 0. The first-order valence-corrected chi connectivity index (χ1v) is 6.52. The van der Waals surface area contributed by atoms with Gasteiger partial charge in [-0.1, -0.05) is 23.2 Å². The first-order valence-electron chi connectivity index (χ1n) is 5.76. The summed E-state index contributed by atoms with van der Waals surface area (Å²) in [7, 11) is 0. The highest BCUT2D eigenvalue weighted by atomic mass is 35.5.